The molecule has 6 nitrogen and oxygen atoms in total. The predicted molar refractivity (Wildman–Crippen MR) is 99.1 cm³/mol. The molecule has 0 heterocycles. The molecule has 0 aliphatic rings. The summed E-state index contributed by atoms with van der Waals surface area (Å²) in [6.45, 7) is 1.96. The number of carboxylic acid groups (broad SMARTS) is 1. The molecule has 2 rings (SSSR count). The van der Waals surface area contributed by atoms with E-state index in [0.29, 0.717) is 0 Å². The molecule has 0 saturated carbocycles. The van der Waals surface area contributed by atoms with Gasteiger partial charge in [0, 0.05) is 13.6 Å². The van der Waals surface area contributed by atoms with Crippen LogP contribution in [-0.2, 0) is 4.79 Å². The first-order chi connectivity index (χ1) is 12.5. The molecule has 0 aliphatic heterocycles. The van der Waals surface area contributed by atoms with Crippen LogP contribution in [0.3, 0.4) is 0 Å². The Morgan fingerprint density at radius 2 is 1.65 bits per heavy atom. The summed E-state index contributed by atoms with van der Waals surface area (Å²) < 4.78 is 5.80. The van der Waals surface area contributed by atoms with Crippen molar-refractivity contribution in [1.82, 2.24) is 10.2 Å². The van der Waals surface area contributed by atoms with Crippen molar-refractivity contribution in [2.45, 2.75) is 13.0 Å². The minimum atomic E-state index is -0.934. The van der Waals surface area contributed by atoms with Crippen LogP contribution in [0.15, 0.2) is 60.7 Å². The second kappa shape index (κ2) is 9.46. The highest BCUT2D eigenvalue weighted by Crippen LogP contribution is 2.16. The molecule has 138 valence electrons. The smallest absolute Gasteiger partial charge is 0.317 e. The lowest BCUT2D eigenvalue weighted by Gasteiger charge is -2.25. The zero-order chi connectivity index (χ0) is 18.9. The molecule has 2 N–H and O–H groups in total. The number of amides is 2. The molecule has 2 aromatic rings. The minimum Gasteiger partial charge on any atom is -0.491 e. The number of nitrogens with one attached hydrogen (secondary N) is 1. The van der Waals surface area contributed by atoms with Crippen molar-refractivity contribution >= 4 is 12.0 Å². The zero-order valence-electron chi connectivity index (χ0n) is 15.0. The summed E-state index contributed by atoms with van der Waals surface area (Å²) in [5, 5.41) is 11.9. The minimum absolute atomic E-state index is 0.127. The third kappa shape index (κ3) is 5.81. The average molecular weight is 356 g/mol. The van der Waals surface area contributed by atoms with E-state index in [1.807, 2.05) is 60.7 Å². The normalized spacial score (nSPS) is 12.7. The number of hydrogen-bond acceptors (Lipinski definition) is 3. The van der Waals surface area contributed by atoms with Gasteiger partial charge in [0.2, 0.25) is 0 Å². The number of rotatable bonds is 8. The zero-order valence-corrected chi connectivity index (χ0v) is 15.0. The van der Waals surface area contributed by atoms with Gasteiger partial charge in [0.25, 0.3) is 0 Å². The molecular formula is C20H24N2O4. The first kappa shape index (κ1) is 19.3. The fourth-order valence-corrected chi connectivity index (χ4v) is 2.43. The lowest BCUT2D eigenvalue weighted by atomic mass is 10.1. The molecule has 0 radical (unpaired) electrons. The van der Waals surface area contributed by atoms with Crippen LogP contribution in [0.2, 0.25) is 0 Å². The third-order valence-corrected chi connectivity index (χ3v) is 3.98. The highest BCUT2D eigenvalue weighted by Gasteiger charge is 2.21. The predicted octanol–water partition coefficient (Wildman–Crippen LogP) is 3.17. The number of carbonyl (C=O) groups is 2. The van der Waals surface area contributed by atoms with E-state index in [4.69, 9.17) is 9.84 Å². The summed E-state index contributed by atoms with van der Waals surface area (Å²) in [7, 11) is 1.58. The topological polar surface area (TPSA) is 78.9 Å². The second-order valence-electron chi connectivity index (χ2n) is 6.16. The van der Waals surface area contributed by atoms with E-state index in [9.17, 15) is 9.59 Å². The number of aliphatic carboxylic acids is 1. The molecule has 0 saturated heterocycles. The first-order valence-corrected chi connectivity index (χ1v) is 8.44. The molecule has 0 aromatic heterocycles. The Kier molecular flexibility index (Phi) is 7.02. The Morgan fingerprint density at radius 1 is 1.08 bits per heavy atom. The van der Waals surface area contributed by atoms with Gasteiger partial charge in [0.1, 0.15) is 12.4 Å². The van der Waals surface area contributed by atoms with E-state index in [2.05, 4.69) is 5.32 Å². The summed E-state index contributed by atoms with van der Waals surface area (Å²) in [6, 6.07) is 18.2. The maximum absolute atomic E-state index is 12.5. The van der Waals surface area contributed by atoms with Crippen molar-refractivity contribution in [2.24, 2.45) is 5.92 Å². The van der Waals surface area contributed by atoms with Gasteiger partial charge in [0.05, 0.1) is 12.0 Å². The van der Waals surface area contributed by atoms with Crippen LogP contribution in [0.1, 0.15) is 18.5 Å². The number of urea groups is 1. The van der Waals surface area contributed by atoms with Gasteiger partial charge in [-0.05, 0) is 17.7 Å². The first-order valence-electron chi connectivity index (χ1n) is 8.44. The van der Waals surface area contributed by atoms with Crippen LogP contribution in [0.5, 0.6) is 5.75 Å². The Morgan fingerprint density at radius 3 is 2.23 bits per heavy atom. The van der Waals surface area contributed by atoms with Crippen LogP contribution in [0.25, 0.3) is 0 Å². The number of benzene rings is 2. The van der Waals surface area contributed by atoms with Crippen LogP contribution < -0.4 is 10.1 Å². The van der Waals surface area contributed by atoms with E-state index in [1.165, 1.54) is 4.90 Å². The van der Waals surface area contributed by atoms with Crippen LogP contribution >= 0.6 is 0 Å². The molecule has 2 unspecified atom stereocenters. The van der Waals surface area contributed by atoms with Crippen molar-refractivity contribution in [3.05, 3.63) is 66.2 Å². The monoisotopic (exact) mass is 356 g/mol. The molecule has 6 heteroatoms. The van der Waals surface area contributed by atoms with Crippen LogP contribution in [-0.4, -0.2) is 42.2 Å². The van der Waals surface area contributed by atoms with E-state index in [0.717, 1.165) is 11.3 Å². The Hall–Kier alpha value is -3.02. The molecule has 2 amide bonds. The van der Waals surface area contributed by atoms with Gasteiger partial charge in [-0.15, -0.1) is 0 Å². The molecule has 2 aromatic carbocycles. The molecular weight excluding hydrogens is 332 g/mol. The van der Waals surface area contributed by atoms with Crippen molar-refractivity contribution in [3.63, 3.8) is 0 Å². The summed E-state index contributed by atoms with van der Waals surface area (Å²) in [5.74, 6) is -0.853. The Bertz CT molecular complexity index is 706. The van der Waals surface area contributed by atoms with Crippen LogP contribution in [0.4, 0.5) is 4.79 Å². The van der Waals surface area contributed by atoms with E-state index < -0.39 is 11.9 Å². The maximum Gasteiger partial charge on any atom is 0.317 e. The van der Waals surface area contributed by atoms with Crippen molar-refractivity contribution in [3.8, 4) is 5.75 Å². The van der Waals surface area contributed by atoms with Crippen LogP contribution in [0, 0.1) is 5.92 Å². The Labute approximate surface area is 153 Å². The molecule has 0 fully saturated rings. The van der Waals surface area contributed by atoms with Gasteiger partial charge in [-0.1, -0.05) is 55.5 Å². The highest BCUT2D eigenvalue weighted by molar-refractivity contribution is 5.76. The number of carbonyl (C=O) groups excluding carboxylic acids is 1. The van der Waals surface area contributed by atoms with E-state index in [1.54, 1.807) is 14.0 Å². The SMILES string of the molecule is CC(CN(C)C(=O)NC(COc1ccccc1)c1ccccc1)C(=O)O. The van der Waals surface area contributed by atoms with Crippen molar-refractivity contribution in [2.75, 3.05) is 20.2 Å². The molecule has 2 atom stereocenters. The van der Waals surface area contributed by atoms with Crippen molar-refractivity contribution in [1.29, 1.82) is 0 Å². The average Bonchev–Trinajstić information content (AvgIpc) is 2.66. The van der Waals surface area contributed by atoms with Gasteiger partial charge in [-0.25, -0.2) is 4.79 Å². The summed E-state index contributed by atoms with van der Waals surface area (Å²) in [6.07, 6.45) is 0. The standard InChI is InChI=1S/C20H24N2O4/c1-15(19(23)24)13-22(2)20(25)21-18(16-9-5-3-6-10-16)14-26-17-11-7-4-8-12-17/h3-12,15,18H,13-14H2,1-2H3,(H,21,25)(H,23,24). The summed E-state index contributed by atoms with van der Waals surface area (Å²) in [5.41, 5.74) is 0.913. The van der Waals surface area contributed by atoms with E-state index in [-0.39, 0.29) is 25.2 Å². The van der Waals surface area contributed by atoms with Crippen molar-refractivity contribution < 1.29 is 19.4 Å². The number of nitrogens with zero attached hydrogens (tertiary/aromatic N) is 1. The fourth-order valence-electron chi connectivity index (χ4n) is 2.43. The Balaban J connectivity index is 2.04. The van der Waals surface area contributed by atoms with E-state index >= 15 is 0 Å². The lowest BCUT2D eigenvalue weighted by Crippen LogP contribution is -2.43. The molecule has 0 spiro atoms. The van der Waals surface area contributed by atoms with Gasteiger partial charge in [0.15, 0.2) is 0 Å². The fraction of sp³-hybridized carbons (Fsp3) is 0.300. The van der Waals surface area contributed by atoms with Gasteiger partial charge >= 0.3 is 12.0 Å². The van der Waals surface area contributed by atoms with Gasteiger partial charge < -0.3 is 20.1 Å². The summed E-state index contributed by atoms with van der Waals surface area (Å²) in [4.78, 5) is 24.8. The molecule has 0 bridgehead atoms. The number of hydrogen-bond donors (Lipinski definition) is 2. The molecule has 26 heavy (non-hydrogen) atoms. The van der Waals surface area contributed by atoms with Gasteiger partial charge in [-0.3, -0.25) is 4.79 Å². The summed E-state index contributed by atoms with van der Waals surface area (Å²) >= 11 is 0. The number of ether oxygens (including phenoxy) is 1. The maximum atomic E-state index is 12.5. The highest BCUT2D eigenvalue weighted by atomic mass is 16.5. The second-order valence-corrected chi connectivity index (χ2v) is 6.16. The largest absolute Gasteiger partial charge is 0.491 e. The third-order valence-electron chi connectivity index (χ3n) is 3.98. The lowest BCUT2D eigenvalue weighted by molar-refractivity contribution is -0.141. The van der Waals surface area contributed by atoms with Gasteiger partial charge in [-0.2, -0.15) is 0 Å². The molecule has 0 aliphatic carbocycles. The number of para-hydroxylation sites is 1. The quantitative estimate of drug-likeness (QED) is 0.761. The number of carboxylic acids is 1.